The molecule has 108 valence electrons. The van der Waals surface area contributed by atoms with E-state index in [0.717, 1.165) is 25.2 Å². The zero-order chi connectivity index (χ0) is 14.7. The smallest absolute Gasteiger partial charge is 0.108 e. The van der Waals surface area contributed by atoms with E-state index >= 15 is 0 Å². The van der Waals surface area contributed by atoms with E-state index in [0.29, 0.717) is 0 Å². The van der Waals surface area contributed by atoms with Crippen LogP contribution < -0.4 is 5.73 Å². The number of aryl methyl sites for hydroxylation is 4. The van der Waals surface area contributed by atoms with Crippen molar-refractivity contribution in [3.05, 3.63) is 52.6 Å². The molecule has 0 saturated carbocycles. The fraction of sp³-hybridized carbons (Fsp3) is 0.471. The molecule has 0 amide bonds. The number of benzene rings is 1. The van der Waals surface area contributed by atoms with E-state index in [1.807, 2.05) is 12.4 Å². The summed E-state index contributed by atoms with van der Waals surface area (Å²) in [5, 5.41) is 0. The highest BCUT2D eigenvalue weighted by molar-refractivity contribution is 5.39. The predicted molar refractivity (Wildman–Crippen MR) is 83.8 cm³/mol. The molecule has 0 fully saturated rings. The molecule has 1 heterocycles. The van der Waals surface area contributed by atoms with Gasteiger partial charge in [0.2, 0.25) is 0 Å². The van der Waals surface area contributed by atoms with E-state index in [-0.39, 0.29) is 6.04 Å². The normalized spacial score (nSPS) is 12.7. The minimum Gasteiger partial charge on any atom is -0.333 e. The Morgan fingerprint density at radius 2 is 1.85 bits per heavy atom. The Bertz CT molecular complexity index is 561. The molecule has 3 nitrogen and oxygen atoms in total. The van der Waals surface area contributed by atoms with Crippen molar-refractivity contribution in [2.24, 2.45) is 5.73 Å². The van der Waals surface area contributed by atoms with Crippen molar-refractivity contribution in [3.8, 4) is 0 Å². The zero-order valence-corrected chi connectivity index (χ0v) is 13.0. The number of nitrogens with zero attached hydrogens (tertiary/aromatic N) is 2. The van der Waals surface area contributed by atoms with Gasteiger partial charge in [-0.15, -0.1) is 0 Å². The Labute approximate surface area is 121 Å². The topological polar surface area (TPSA) is 43.8 Å². The highest BCUT2D eigenvalue weighted by atomic mass is 15.1. The number of rotatable bonds is 5. The molecule has 0 aliphatic rings. The van der Waals surface area contributed by atoms with Crippen LogP contribution in [0.4, 0.5) is 0 Å². The zero-order valence-electron chi connectivity index (χ0n) is 13.0. The lowest BCUT2D eigenvalue weighted by molar-refractivity contribution is 0.548. The van der Waals surface area contributed by atoms with Gasteiger partial charge >= 0.3 is 0 Å². The second kappa shape index (κ2) is 6.23. The monoisotopic (exact) mass is 271 g/mol. The lowest BCUT2D eigenvalue weighted by Crippen LogP contribution is -2.20. The molecule has 0 aliphatic heterocycles. The molecule has 0 aliphatic carbocycles. The number of aromatic nitrogens is 2. The van der Waals surface area contributed by atoms with Crippen molar-refractivity contribution in [1.29, 1.82) is 0 Å². The van der Waals surface area contributed by atoms with Crippen LogP contribution in [0.25, 0.3) is 0 Å². The van der Waals surface area contributed by atoms with Crippen LogP contribution in [-0.4, -0.2) is 9.55 Å². The number of hydrogen-bond donors (Lipinski definition) is 1. The first-order valence-electron chi connectivity index (χ1n) is 7.36. The van der Waals surface area contributed by atoms with E-state index in [2.05, 4.69) is 49.4 Å². The summed E-state index contributed by atoms with van der Waals surface area (Å²) in [6.07, 6.45) is 6.01. The van der Waals surface area contributed by atoms with Crippen molar-refractivity contribution in [1.82, 2.24) is 9.55 Å². The maximum atomic E-state index is 6.45. The maximum absolute atomic E-state index is 6.45. The summed E-state index contributed by atoms with van der Waals surface area (Å²) in [6, 6.07) is 4.44. The first-order valence-corrected chi connectivity index (χ1v) is 7.36. The lowest BCUT2D eigenvalue weighted by atomic mass is 9.94. The van der Waals surface area contributed by atoms with Gasteiger partial charge in [-0.25, -0.2) is 4.98 Å². The highest BCUT2D eigenvalue weighted by Crippen LogP contribution is 2.23. The molecule has 1 aromatic heterocycles. The van der Waals surface area contributed by atoms with Crippen LogP contribution in [0.2, 0.25) is 0 Å². The largest absolute Gasteiger partial charge is 0.333 e. The molecule has 3 heteroatoms. The van der Waals surface area contributed by atoms with E-state index < -0.39 is 0 Å². The van der Waals surface area contributed by atoms with Crippen LogP contribution in [0.5, 0.6) is 0 Å². The van der Waals surface area contributed by atoms with Crippen molar-refractivity contribution in [2.45, 2.75) is 53.1 Å². The van der Waals surface area contributed by atoms with Crippen molar-refractivity contribution < 1.29 is 0 Å². The maximum Gasteiger partial charge on any atom is 0.108 e. The molecule has 1 unspecified atom stereocenters. The minimum absolute atomic E-state index is 0.0143. The second-order valence-corrected chi connectivity index (χ2v) is 5.66. The van der Waals surface area contributed by atoms with Gasteiger partial charge in [0.25, 0.3) is 0 Å². The standard InChI is InChI=1S/C17H25N3/c1-5-6-16-19-7-8-20(16)11-15(18)17-13(3)9-12(2)10-14(17)4/h7-10,15H,5-6,11,18H2,1-4H3. The molecule has 0 radical (unpaired) electrons. The van der Waals surface area contributed by atoms with E-state index in [1.165, 1.54) is 22.3 Å². The highest BCUT2D eigenvalue weighted by Gasteiger charge is 2.14. The van der Waals surface area contributed by atoms with Crippen molar-refractivity contribution in [3.63, 3.8) is 0 Å². The summed E-state index contributed by atoms with van der Waals surface area (Å²) < 4.78 is 2.19. The van der Waals surface area contributed by atoms with E-state index in [4.69, 9.17) is 5.73 Å². The van der Waals surface area contributed by atoms with Gasteiger partial charge in [-0.1, -0.05) is 24.6 Å². The van der Waals surface area contributed by atoms with Gasteiger partial charge in [0, 0.05) is 31.4 Å². The summed E-state index contributed by atoms with van der Waals surface area (Å²) in [4.78, 5) is 4.42. The van der Waals surface area contributed by atoms with Crippen LogP contribution in [0.3, 0.4) is 0 Å². The van der Waals surface area contributed by atoms with Crippen LogP contribution in [0, 0.1) is 20.8 Å². The fourth-order valence-corrected chi connectivity index (χ4v) is 3.04. The van der Waals surface area contributed by atoms with Crippen LogP contribution in [-0.2, 0) is 13.0 Å². The van der Waals surface area contributed by atoms with Gasteiger partial charge in [0.1, 0.15) is 5.82 Å². The Kier molecular flexibility index (Phi) is 4.61. The minimum atomic E-state index is 0.0143. The third-order valence-corrected chi connectivity index (χ3v) is 3.78. The van der Waals surface area contributed by atoms with Crippen LogP contribution in [0.15, 0.2) is 24.5 Å². The second-order valence-electron chi connectivity index (χ2n) is 5.66. The van der Waals surface area contributed by atoms with Crippen molar-refractivity contribution in [2.75, 3.05) is 0 Å². The van der Waals surface area contributed by atoms with Gasteiger partial charge in [0.05, 0.1) is 0 Å². The fourth-order valence-electron chi connectivity index (χ4n) is 3.04. The van der Waals surface area contributed by atoms with Crippen LogP contribution in [0.1, 0.15) is 47.5 Å². The van der Waals surface area contributed by atoms with Gasteiger partial charge in [-0.2, -0.15) is 0 Å². The average Bonchev–Trinajstić information content (AvgIpc) is 2.75. The first kappa shape index (κ1) is 14.8. The number of nitrogens with two attached hydrogens (primary N) is 1. The summed E-state index contributed by atoms with van der Waals surface area (Å²) in [5.41, 5.74) is 11.6. The molecule has 0 saturated heterocycles. The van der Waals surface area contributed by atoms with Crippen LogP contribution >= 0.6 is 0 Å². The SMILES string of the molecule is CCCc1nccn1CC(N)c1c(C)cc(C)cc1C. The van der Waals surface area contributed by atoms with E-state index in [9.17, 15) is 0 Å². The number of hydrogen-bond acceptors (Lipinski definition) is 2. The molecule has 0 bridgehead atoms. The summed E-state index contributed by atoms with van der Waals surface area (Å²) >= 11 is 0. The Morgan fingerprint density at radius 3 is 2.45 bits per heavy atom. The Balaban J connectivity index is 2.24. The first-order chi connectivity index (χ1) is 9.52. The Hall–Kier alpha value is -1.61. The molecule has 2 rings (SSSR count). The van der Waals surface area contributed by atoms with Gasteiger partial charge in [-0.05, 0) is 43.9 Å². The molecule has 1 atom stereocenters. The van der Waals surface area contributed by atoms with Gasteiger partial charge < -0.3 is 10.3 Å². The lowest BCUT2D eigenvalue weighted by Gasteiger charge is -2.20. The summed E-state index contributed by atoms with van der Waals surface area (Å²) in [7, 11) is 0. The van der Waals surface area contributed by atoms with Gasteiger partial charge in [-0.3, -0.25) is 0 Å². The number of imidazole rings is 1. The summed E-state index contributed by atoms with van der Waals surface area (Å²) in [6.45, 7) is 9.39. The molecular formula is C17H25N3. The average molecular weight is 271 g/mol. The third-order valence-electron chi connectivity index (χ3n) is 3.78. The molecular weight excluding hydrogens is 246 g/mol. The molecule has 2 aromatic rings. The molecule has 2 N–H and O–H groups in total. The molecule has 1 aromatic carbocycles. The Morgan fingerprint density at radius 1 is 1.20 bits per heavy atom. The molecule has 20 heavy (non-hydrogen) atoms. The van der Waals surface area contributed by atoms with Gasteiger partial charge in [0.15, 0.2) is 0 Å². The van der Waals surface area contributed by atoms with Crippen molar-refractivity contribution >= 4 is 0 Å². The third kappa shape index (κ3) is 3.10. The quantitative estimate of drug-likeness (QED) is 0.905. The van der Waals surface area contributed by atoms with E-state index in [1.54, 1.807) is 0 Å². The summed E-state index contributed by atoms with van der Waals surface area (Å²) in [5.74, 6) is 1.13. The molecule has 0 spiro atoms. The predicted octanol–water partition coefficient (Wildman–Crippen LogP) is 3.46.